The van der Waals surface area contributed by atoms with Crippen LogP contribution >= 0.6 is 0 Å². The van der Waals surface area contributed by atoms with E-state index in [1.54, 1.807) is 25.3 Å². The molecule has 6 nitrogen and oxygen atoms in total. The Balaban J connectivity index is 2.68. The smallest absolute Gasteiger partial charge is 0.348 e. The lowest BCUT2D eigenvalue weighted by molar-refractivity contribution is -0.138. The SMILES string of the molecule is Cc1nc(=O)n(C2(C)CCOC2)c(C)c1C(C)C(=O)O. The first kappa shape index (κ1) is 14.7. The van der Waals surface area contributed by atoms with Gasteiger partial charge in [0.05, 0.1) is 18.1 Å². The number of aromatic nitrogens is 2. The van der Waals surface area contributed by atoms with E-state index in [4.69, 9.17) is 4.74 Å². The van der Waals surface area contributed by atoms with Gasteiger partial charge in [0.2, 0.25) is 0 Å². The van der Waals surface area contributed by atoms with Crippen LogP contribution in [0.5, 0.6) is 0 Å². The van der Waals surface area contributed by atoms with Crippen molar-refractivity contribution in [3.05, 3.63) is 27.4 Å². The summed E-state index contributed by atoms with van der Waals surface area (Å²) in [5.74, 6) is -1.61. The average Bonchev–Trinajstić information content (AvgIpc) is 2.75. The van der Waals surface area contributed by atoms with E-state index in [-0.39, 0.29) is 5.69 Å². The topological polar surface area (TPSA) is 81.4 Å². The van der Waals surface area contributed by atoms with Gasteiger partial charge in [-0.15, -0.1) is 0 Å². The standard InChI is InChI=1S/C14H20N2O4/c1-8(12(17)18)11-9(2)15-13(19)16(10(11)3)14(4)5-6-20-7-14/h8H,5-7H2,1-4H3,(H,17,18). The van der Waals surface area contributed by atoms with Crippen LogP contribution in [0.3, 0.4) is 0 Å². The molecule has 0 aliphatic carbocycles. The van der Waals surface area contributed by atoms with E-state index in [9.17, 15) is 14.7 Å². The molecule has 1 N–H and O–H groups in total. The zero-order chi connectivity index (χ0) is 15.1. The zero-order valence-electron chi connectivity index (χ0n) is 12.3. The third-order valence-electron chi connectivity index (χ3n) is 4.11. The van der Waals surface area contributed by atoms with Crippen LogP contribution in [0.2, 0.25) is 0 Å². The van der Waals surface area contributed by atoms with E-state index < -0.39 is 17.4 Å². The van der Waals surface area contributed by atoms with Gasteiger partial charge in [-0.25, -0.2) is 4.79 Å². The van der Waals surface area contributed by atoms with E-state index in [0.717, 1.165) is 6.42 Å². The third-order valence-corrected chi connectivity index (χ3v) is 4.11. The van der Waals surface area contributed by atoms with Crippen LogP contribution in [0.1, 0.15) is 43.1 Å². The fourth-order valence-corrected chi connectivity index (χ4v) is 3.00. The first-order valence-corrected chi connectivity index (χ1v) is 6.69. The van der Waals surface area contributed by atoms with E-state index in [2.05, 4.69) is 4.98 Å². The minimum absolute atomic E-state index is 0.339. The van der Waals surface area contributed by atoms with Gasteiger partial charge in [-0.1, -0.05) is 0 Å². The molecule has 0 saturated carbocycles. The Morgan fingerprint density at radius 2 is 2.15 bits per heavy atom. The molecule has 1 aliphatic heterocycles. The number of aliphatic carboxylic acids is 1. The van der Waals surface area contributed by atoms with E-state index in [1.165, 1.54) is 0 Å². The quantitative estimate of drug-likeness (QED) is 0.899. The van der Waals surface area contributed by atoms with E-state index in [0.29, 0.717) is 30.2 Å². The number of rotatable bonds is 3. The number of carboxylic acids is 1. The van der Waals surface area contributed by atoms with Gasteiger partial charge in [0.25, 0.3) is 0 Å². The summed E-state index contributed by atoms with van der Waals surface area (Å²) in [7, 11) is 0. The molecule has 2 heterocycles. The molecular formula is C14H20N2O4. The molecule has 0 radical (unpaired) electrons. The Labute approximate surface area is 117 Å². The van der Waals surface area contributed by atoms with Gasteiger partial charge < -0.3 is 9.84 Å². The number of carboxylic acid groups (broad SMARTS) is 1. The van der Waals surface area contributed by atoms with E-state index in [1.807, 2.05) is 6.92 Å². The highest BCUT2D eigenvalue weighted by atomic mass is 16.5. The van der Waals surface area contributed by atoms with Crippen molar-refractivity contribution in [2.45, 2.75) is 45.6 Å². The maximum Gasteiger partial charge on any atom is 0.348 e. The van der Waals surface area contributed by atoms with Gasteiger partial charge in [-0.2, -0.15) is 4.98 Å². The van der Waals surface area contributed by atoms with Crippen molar-refractivity contribution in [1.82, 2.24) is 9.55 Å². The van der Waals surface area contributed by atoms with Crippen molar-refractivity contribution in [1.29, 1.82) is 0 Å². The summed E-state index contributed by atoms with van der Waals surface area (Å²) in [6.45, 7) is 8.07. The Hall–Kier alpha value is -1.69. The van der Waals surface area contributed by atoms with Crippen molar-refractivity contribution in [3.8, 4) is 0 Å². The lowest BCUT2D eigenvalue weighted by atomic mass is 9.95. The molecule has 1 aromatic rings. The highest BCUT2D eigenvalue weighted by Gasteiger charge is 2.35. The number of hydrogen-bond acceptors (Lipinski definition) is 4. The van der Waals surface area contributed by atoms with Gasteiger partial charge >= 0.3 is 11.7 Å². The number of hydrogen-bond donors (Lipinski definition) is 1. The Morgan fingerprint density at radius 1 is 1.50 bits per heavy atom. The maximum atomic E-state index is 12.2. The third kappa shape index (κ3) is 2.24. The summed E-state index contributed by atoms with van der Waals surface area (Å²) < 4.78 is 7.00. The largest absolute Gasteiger partial charge is 0.481 e. The predicted molar refractivity (Wildman–Crippen MR) is 73.1 cm³/mol. The average molecular weight is 280 g/mol. The fourth-order valence-electron chi connectivity index (χ4n) is 3.00. The van der Waals surface area contributed by atoms with Gasteiger partial charge in [-0.05, 0) is 34.1 Å². The van der Waals surface area contributed by atoms with E-state index >= 15 is 0 Å². The second-order valence-electron chi connectivity index (χ2n) is 5.67. The van der Waals surface area contributed by atoms with Gasteiger partial charge in [0.15, 0.2) is 0 Å². The number of carbonyl (C=O) groups is 1. The maximum absolute atomic E-state index is 12.2. The lowest BCUT2D eigenvalue weighted by Crippen LogP contribution is -2.43. The van der Waals surface area contributed by atoms with Gasteiger partial charge in [0.1, 0.15) is 0 Å². The summed E-state index contributed by atoms with van der Waals surface area (Å²) in [4.78, 5) is 27.5. The van der Waals surface area contributed by atoms with Crippen LogP contribution in [-0.4, -0.2) is 33.8 Å². The molecule has 1 fully saturated rings. The first-order chi connectivity index (χ1) is 9.28. The fraction of sp³-hybridized carbons (Fsp3) is 0.643. The molecule has 0 amide bonds. The second-order valence-corrected chi connectivity index (χ2v) is 5.67. The molecule has 6 heteroatoms. The van der Waals surface area contributed by atoms with Crippen molar-refractivity contribution < 1.29 is 14.6 Å². The van der Waals surface area contributed by atoms with Crippen LogP contribution in [0.15, 0.2) is 4.79 Å². The second kappa shape index (κ2) is 5.01. The monoisotopic (exact) mass is 280 g/mol. The molecule has 20 heavy (non-hydrogen) atoms. The molecule has 0 spiro atoms. The normalized spacial score (nSPS) is 23.8. The molecule has 110 valence electrons. The molecule has 1 aliphatic rings. The Bertz CT molecular complexity index is 600. The highest BCUT2D eigenvalue weighted by molar-refractivity contribution is 5.76. The van der Waals surface area contributed by atoms with Crippen molar-refractivity contribution in [2.75, 3.05) is 13.2 Å². The minimum atomic E-state index is -0.920. The van der Waals surface area contributed by atoms with Gasteiger partial charge in [-0.3, -0.25) is 9.36 Å². The highest BCUT2D eigenvalue weighted by Crippen LogP contribution is 2.30. The predicted octanol–water partition coefficient (Wildman–Crippen LogP) is 1.18. The molecular weight excluding hydrogens is 260 g/mol. The summed E-state index contributed by atoms with van der Waals surface area (Å²) in [5.41, 5.74) is 0.987. The van der Waals surface area contributed by atoms with Crippen molar-refractivity contribution in [3.63, 3.8) is 0 Å². The number of ether oxygens (including phenoxy) is 1. The molecule has 2 atom stereocenters. The molecule has 2 rings (SSSR count). The molecule has 2 unspecified atom stereocenters. The molecule has 1 saturated heterocycles. The van der Waals surface area contributed by atoms with Crippen LogP contribution in [0.25, 0.3) is 0 Å². The van der Waals surface area contributed by atoms with Crippen LogP contribution in [0.4, 0.5) is 0 Å². The van der Waals surface area contributed by atoms with Crippen LogP contribution < -0.4 is 5.69 Å². The summed E-state index contributed by atoms with van der Waals surface area (Å²) in [6.07, 6.45) is 0.722. The summed E-state index contributed by atoms with van der Waals surface area (Å²) in [6, 6.07) is 0. The van der Waals surface area contributed by atoms with Crippen LogP contribution in [-0.2, 0) is 15.1 Å². The van der Waals surface area contributed by atoms with Crippen LogP contribution in [0, 0.1) is 13.8 Å². The molecule has 0 bridgehead atoms. The van der Waals surface area contributed by atoms with Gasteiger partial charge in [0, 0.05) is 23.6 Å². The Kier molecular flexibility index (Phi) is 3.69. The molecule has 1 aromatic heterocycles. The summed E-state index contributed by atoms with van der Waals surface area (Å²) >= 11 is 0. The number of nitrogens with zero attached hydrogens (tertiary/aromatic N) is 2. The Morgan fingerprint density at radius 3 is 2.65 bits per heavy atom. The lowest BCUT2D eigenvalue weighted by Gasteiger charge is -2.29. The van der Waals surface area contributed by atoms with Crippen molar-refractivity contribution in [2.24, 2.45) is 0 Å². The molecule has 0 aromatic carbocycles. The number of aryl methyl sites for hydroxylation is 1. The van der Waals surface area contributed by atoms with Crippen molar-refractivity contribution >= 4 is 5.97 Å². The first-order valence-electron chi connectivity index (χ1n) is 6.69. The minimum Gasteiger partial charge on any atom is -0.481 e. The summed E-state index contributed by atoms with van der Waals surface area (Å²) in [5, 5.41) is 9.23. The zero-order valence-corrected chi connectivity index (χ0v) is 12.3.